The normalized spacial score (nSPS) is 9.54. The third kappa shape index (κ3) is 1.67. The third-order valence-corrected chi connectivity index (χ3v) is 1.27. The van der Waals surface area contributed by atoms with Crippen LogP contribution < -0.4 is 9.78 Å². The summed E-state index contributed by atoms with van der Waals surface area (Å²) < 4.78 is 0.347. The molecular weight excluding hydrogens is 182 g/mol. The van der Waals surface area contributed by atoms with Gasteiger partial charge in [-0.2, -0.15) is 10.1 Å². The molecular formula is C5H3N3O5. The van der Waals surface area contributed by atoms with Crippen LogP contribution in [-0.4, -0.2) is 9.96 Å². The van der Waals surface area contributed by atoms with E-state index in [0.717, 1.165) is 12.3 Å². The Hall–Kier alpha value is -2.25. The average Bonchev–Trinajstić information content (AvgIpc) is 2.04. The topological polar surface area (TPSA) is 113 Å². The van der Waals surface area contributed by atoms with Crippen molar-refractivity contribution < 1.29 is 19.7 Å². The van der Waals surface area contributed by atoms with Crippen LogP contribution in [0.5, 0.6) is 5.75 Å². The van der Waals surface area contributed by atoms with E-state index in [-0.39, 0.29) is 0 Å². The number of pyridine rings is 1. The van der Waals surface area contributed by atoms with Gasteiger partial charge in [0.05, 0.1) is 4.92 Å². The lowest BCUT2D eigenvalue weighted by atomic mass is 10.4. The lowest BCUT2D eigenvalue weighted by Crippen LogP contribution is -2.41. The van der Waals surface area contributed by atoms with Crippen LogP contribution in [0, 0.1) is 20.2 Å². The Bertz CT molecular complexity index is 376. The van der Waals surface area contributed by atoms with Crippen molar-refractivity contribution in [3.63, 3.8) is 0 Å². The lowest BCUT2D eigenvalue weighted by Gasteiger charge is -2.00. The van der Waals surface area contributed by atoms with Crippen molar-refractivity contribution in [3.8, 4) is 5.75 Å². The van der Waals surface area contributed by atoms with Crippen LogP contribution in [0.4, 0.5) is 5.69 Å². The predicted molar refractivity (Wildman–Crippen MR) is 35.1 cm³/mol. The van der Waals surface area contributed by atoms with E-state index in [0.29, 0.717) is 10.9 Å². The molecule has 1 aromatic heterocycles. The number of hydrogen-bond acceptors (Lipinski definition) is 5. The Balaban J connectivity index is 3.27. The maximum atomic E-state index is 10.8. The molecule has 0 unspecified atom stereocenters. The van der Waals surface area contributed by atoms with E-state index in [1.54, 1.807) is 0 Å². The second-order valence-electron chi connectivity index (χ2n) is 2.07. The van der Waals surface area contributed by atoms with E-state index in [2.05, 4.69) is 0 Å². The van der Waals surface area contributed by atoms with E-state index in [1.165, 1.54) is 0 Å². The van der Waals surface area contributed by atoms with E-state index in [1.807, 2.05) is 0 Å². The van der Waals surface area contributed by atoms with Crippen molar-refractivity contribution in [1.82, 2.24) is 0 Å². The number of hydrogen-bond donors (Lipinski definition) is 0. The van der Waals surface area contributed by atoms with Gasteiger partial charge in [0.25, 0.3) is 0 Å². The molecule has 0 N–H and O–H groups in total. The van der Waals surface area contributed by atoms with Crippen LogP contribution >= 0.6 is 0 Å². The van der Waals surface area contributed by atoms with Crippen LogP contribution in [0.1, 0.15) is 0 Å². The van der Waals surface area contributed by atoms with Gasteiger partial charge in [-0.15, -0.1) is 0 Å². The summed E-state index contributed by atoms with van der Waals surface area (Å²) in [4.78, 5) is 19.3. The first-order chi connectivity index (χ1) is 6.02. The molecule has 0 saturated heterocycles. The summed E-state index contributed by atoms with van der Waals surface area (Å²) in [7, 11) is 0. The average molecular weight is 185 g/mol. The van der Waals surface area contributed by atoms with E-state index >= 15 is 0 Å². The minimum atomic E-state index is -0.970. The third-order valence-electron chi connectivity index (χ3n) is 1.27. The Kier molecular flexibility index (Phi) is 2.05. The largest absolute Gasteiger partial charge is 0.868 e. The van der Waals surface area contributed by atoms with Crippen LogP contribution in [0.2, 0.25) is 0 Å². The molecule has 0 amide bonds. The first kappa shape index (κ1) is 8.84. The maximum absolute atomic E-state index is 10.8. The highest BCUT2D eigenvalue weighted by Crippen LogP contribution is 2.18. The summed E-state index contributed by atoms with van der Waals surface area (Å²) in [6.45, 7) is 0. The Labute approximate surface area is 70.9 Å². The molecule has 1 aromatic rings. The molecule has 0 fully saturated rings. The van der Waals surface area contributed by atoms with Gasteiger partial charge >= 0.3 is 16.9 Å². The zero-order valence-corrected chi connectivity index (χ0v) is 6.11. The Morgan fingerprint density at radius 1 is 1.31 bits per heavy atom. The first-order valence-electron chi connectivity index (χ1n) is 3.04. The van der Waals surface area contributed by atoms with Gasteiger partial charge in [0.15, 0.2) is 0 Å². The molecule has 0 saturated carbocycles. The zero-order valence-electron chi connectivity index (χ0n) is 6.11. The minimum absolute atomic E-state index is 0.347. The fourth-order valence-electron chi connectivity index (χ4n) is 0.700. The second-order valence-corrected chi connectivity index (χ2v) is 2.07. The highest BCUT2D eigenvalue weighted by atomic mass is 16.7. The van der Waals surface area contributed by atoms with Gasteiger partial charge in [0, 0.05) is 6.07 Å². The molecule has 0 aliphatic rings. The summed E-state index contributed by atoms with van der Waals surface area (Å²) in [5.41, 5.74) is -0.820. The quantitative estimate of drug-likeness (QED) is 0.333. The van der Waals surface area contributed by atoms with Crippen molar-refractivity contribution in [2.24, 2.45) is 0 Å². The van der Waals surface area contributed by atoms with Gasteiger partial charge in [-0.1, -0.05) is 0 Å². The maximum Gasteiger partial charge on any atom is 0.332 e. The monoisotopic (exact) mass is 185 g/mol. The summed E-state index contributed by atoms with van der Waals surface area (Å²) in [5.74, 6) is -0.858. The van der Waals surface area contributed by atoms with Gasteiger partial charge in [0.2, 0.25) is 6.20 Å². The summed E-state index contributed by atoms with van der Waals surface area (Å²) in [5, 5.41) is 30.2. The first-order valence-corrected chi connectivity index (χ1v) is 3.04. The molecule has 0 spiro atoms. The molecule has 1 rings (SSSR count). The molecule has 0 bridgehead atoms. The van der Waals surface area contributed by atoms with Gasteiger partial charge in [-0.3, -0.25) is 10.1 Å². The van der Waals surface area contributed by atoms with Gasteiger partial charge in [-0.05, 0) is 5.75 Å². The fraction of sp³-hybridized carbons (Fsp3) is 0. The van der Waals surface area contributed by atoms with E-state index in [4.69, 9.17) is 0 Å². The highest BCUT2D eigenvalue weighted by Gasteiger charge is 2.20. The van der Waals surface area contributed by atoms with Gasteiger partial charge < -0.3 is 5.11 Å². The minimum Gasteiger partial charge on any atom is -0.868 e. The Morgan fingerprint density at radius 2 is 1.92 bits per heavy atom. The molecule has 8 nitrogen and oxygen atoms in total. The van der Waals surface area contributed by atoms with Crippen LogP contribution in [0.3, 0.4) is 0 Å². The number of nitrogens with zero attached hydrogens (tertiary/aromatic N) is 3. The SMILES string of the molecule is O=[N+]([O-])c1c[n+]([N+](=O)[O-])ccc1[O-]. The standard InChI is InChI=1S/C5H3N3O5/c9-5-1-2-6(8(12)13)3-4(5)7(10)11/h1-3H. The summed E-state index contributed by atoms with van der Waals surface area (Å²) in [6, 6.07) is 0.765. The lowest BCUT2D eigenvalue weighted by molar-refractivity contribution is -1.19. The molecule has 0 radical (unpaired) electrons. The molecule has 0 aliphatic heterocycles. The van der Waals surface area contributed by atoms with Crippen molar-refractivity contribution in [2.75, 3.05) is 0 Å². The molecule has 0 aliphatic carbocycles. The smallest absolute Gasteiger partial charge is 0.332 e. The van der Waals surface area contributed by atoms with Crippen molar-refractivity contribution in [3.05, 3.63) is 38.7 Å². The summed E-state index contributed by atoms with van der Waals surface area (Å²) in [6.07, 6.45) is 1.40. The number of nitro groups is 2. The molecule has 0 aromatic carbocycles. The second kappa shape index (κ2) is 3.01. The van der Waals surface area contributed by atoms with Crippen molar-refractivity contribution >= 4 is 5.69 Å². The number of aromatic nitrogens is 1. The molecule has 13 heavy (non-hydrogen) atoms. The number of rotatable bonds is 2. The fourth-order valence-corrected chi connectivity index (χ4v) is 0.700. The van der Waals surface area contributed by atoms with Gasteiger partial charge in [-0.25, -0.2) is 0 Å². The van der Waals surface area contributed by atoms with Crippen molar-refractivity contribution in [1.29, 1.82) is 0 Å². The van der Waals surface area contributed by atoms with Gasteiger partial charge in [0.1, 0.15) is 4.68 Å². The molecule has 8 heteroatoms. The molecule has 1 heterocycles. The molecule has 68 valence electrons. The predicted octanol–water partition coefficient (Wildman–Crippen LogP) is -1.00. The zero-order chi connectivity index (χ0) is 10.0. The van der Waals surface area contributed by atoms with Crippen LogP contribution in [-0.2, 0) is 0 Å². The van der Waals surface area contributed by atoms with Crippen LogP contribution in [0.15, 0.2) is 18.5 Å². The molecule has 0 atom stereocenters. The van der Waals surface area contributed by atoms with E-state index in [9.17, 15) is 25.3 Å². The van der Waals surface area contributed by atoms with Crippen LogP contribution in [0.25, 0.3) is 0 Å². The van der Waals surface area contributed by atoms with E-state index < -0.39 is 21.4 Å². The highest BCUT2D eigenvalue weighted by molar-refractivity contribution is 5.38. The summed E-state index contributed by atoms with van der Waals surface area (Å²) >= 11 is 0. The Morgan fingerprint density at radius 3 is 2.38 bits per heavy atom. The van der Waals surface area contributed by atoms with Crippen molar-refractivity contribution in [2.45, 2.75) is 0 Å².